The Bertz CT molecular complexity index is 280. The quantitative estimate of drug-likeness (QED) is 0.654. The van der Waals surface area contributed by atoms with Crippen molar-refractivity contribution in [1.29, 1.82) is 0 Å². The Labute approximate surface area is 115 Å². The maximum Gasteiger partial charge on any atom is 0.303 e. The molecule has 1 saturated carbocycles. The van der Waals surface area contributed by atoms with Crippen LogP contribution in [0.25, 0.3) is 0 Å². The van der Waals surface area contributed by atoms with Gasteiger partial charge < -0.3 is 9.84 Å². The molecular formula is C15H26O4. The summed E-state index contributed by atoms with van der Waals surface area (Å²) in [6.07, 6.45) is 6.32. The SMILES string of the molecule is CCCCOCC1CCC(C(=O)CCC(=O)O)CC1. The van der Waals surface area contributed by atoms with Gasteiger partial charge in [0.15, 0.2) is 0 Å². The number of carboxylic acids is 1. The Morgan fingerprint density at radius 2 is 1.84 bits per heavy atom. The van der Waals surface area contributed by atoms with Gasteiger partial charge in [0, 0.05) is 25.6 Å². The second-order valence-electron chi connectivity index (χ2n) is 5.51. The van der Waals surface area contributed by atoms with Crippen molar-refractivity contribution in [2.75, 3.05) is 13.2 Å². The summed E-state index contributed by atoms with van der Waals surface area (Å²) >= 11 is 0. The first-order chi connectivity index (χ1) is 9.13. The number of hydrogen-bond acceptors (Lipinski definition) is 3. The maximum absolute atomic E-state index is 11.8. The minimum Gasteiger partial charge on any atom is -0.481 e. The number of aliphatic carboxylic acids is 1. The molecule has 0 aliphatic heterocycles. The first-order valence-electron chi connectivity index (χ1n) is 7.45. The molecule has 110 valence electrons. The molecule has 0 spiro atoms. The Morgan fingerprint density at radius 3 is 2.42 bits per heavy atom. The van der Waals surface area contributed by atoms with Crippen LogP contribution in [0.4, 0.5) is 0 Å². The fourth-order valence-corrected chi connectivity index (χ4v) is 2.58. The average Bonchev–Trinajstić information content (AvgIpc) is 2.41. The number of hydrogen-bond donors (Lipinski definition) is 1. The smallest absolute Gasteiger partial charge is 0.303 e. The number of carboxylic acid groups (broad SMARTS) is 1. The number of ketones is 1. The molecule has 0 bridgehead atoms. The van der Waals surface area contributed by atoms with E-state index < -0.39 is 5.97 Å². The summed E-state index contributed by atoms with van der Waals surface area (Å²) in [5.74, 6) is -0.0780. The van der Waals surface area contributed by atoms with Crippen molar-refractivity contribution in [2.24, 2.45) is 11.8 Å². The lowest BCUT2D eigenvalue weighted by atomic mass is 9.79. The number of carbonyl (C=O) groups excluding carboxylic acids is 1. The van der Waals surface area contributed by atoms with Gasteiger partial charge in [-0.1, -0.05) is 13.3 Å². The summed E-state index contributed by atoms with van der Waals surface area (Å²) in [7, 11) is 0. The number of unbranched alkanes of at least 4 members (excludes halogenated alkanes) is 1. The van der Waals surface area contributed by atoms with Gasteiger partial charge in [-0.05, 0) is 38.0 Å². The van der Waals surface area contributed by atoms with E-state index in [2.05, 4.69) is 6.92 Å². The summed E-state index contributed by atoms with van der Waals surface area (Å²) in [5, 5.41) is 8.57. The zero-order valence-corrected chi connectivity index (χ0v) is 11.9. The van der Waals surface area contributed by atoms with Gasteiger partial charge in [-0.15, -0.1) is 0 Å². The second-order valence-corrected chi connectivity index (χ2v) is 5.51. The van der Waals surface area contributed by atoms with Crippen LogP contribution in [-0.4, -0.2) is 30.1 Å². The summed E-state index contributed by atoms with van der Waals surface area (Å²) in [5.41, 5.74) is 0. The van der Waals surface area contributed by atoms with Crippen molar-refractivity contribution >= 4 is 11.8 Å². The molecule has 0 amide bonds. The third-order valence-corrected chi connectivity index (χ3v) is 3.88. The monoisotopic (exact) mass is 270 g/mol. The van der Waals surface area contributed by atoms with Crippen LogP contribution in [0, 0.1) is 11.8 Å². The molecule has 1 N–H and O–H groups in total. The van der Waals surface area contributed by atoms with E-state index in [1.165, 1.54) is 0 Å². The van der Waals surface area contributed by atoms with E-state index in [4.69, 9.17) is 9.84 Å². The van der Waals surface area contributed by atoms with E-state index in [0.717, 1.165) is 51.7 Å². The van der Waals surface area contributed by atoms with Crippen molar-refractivity contribution in [3.05, 3.63) is 0 Å². The van der Waals surface area contributed by atoms with Crippen LogP contribution in [-0.2, 0) is 14.3 Å². The average molecular weight is 270 g/mol. The molecule has 1 aliphatic rings. The minimum atomic E-state index is -0.883. The molecule has 0 unspecified atom stereocenters. The first kappa shape index (κ1) is 16.2. The van der Waals surface area contributed by atoms with Gasteiger partial charge in [0.2, 0.25) is 0 Å². The molecule has 4 nitrogen and oxygen atoms in total. The van der Waals surface area contributed by atoms with Crippen LogP contribution < -0.4 is 0 Å². The molecule has 1 aliphatic carbocycles. The highest BCUT2D eigenvalue weighted by Crippen LogP contribution is 2.30. The molecule has 19 heavy (non-hydrogen) atoms. The molecule has 0 saturated heterocycles. The summed E-state index contributed by atoms with van der Waals surface area (Å²) < 4.78 is 5.63. The van der Waals surface area contributed by atoms with E-state index in [1.807, 2.05) is 0 Å². The molecule has 1 fully saturated rings. The lowest BCUT2D eigenvalue weighted by Gasteiger charge is -2.27. The van der Waals surface area contributed by atoms with E-state index in [0.29, 0.717) is 5.92 Å². The highest BCUT2D eigenvalue weighted by molar-refractivity contribution is 5.84. The molecular weight excluding hydrogens is 244 g/mol. The highest BCUT2D eigenvalue weighted by Gasteiger charge is 2.26. The second kappa shape index (κ2) is 9.08. The lowest BCUT2D eigenvalue weighted by Crippen LogP contribution is -2.24. The van der Waals surface area contributed by atoms with E-state index >= 15 is 0 Å². The largest absolute Gasteiger partial charge is 0.481 e. The van der Waals surface area contributed by atoms with Gasteiger partial charge in [-0.25, -0.2) is 0 Å². The zero-order chi connectivity index (χ0) is 14.1. The maximum atomic E-state index is 11.8. The molecule has 0 aromatic rings. The molecule has 0 aromatic carbocycles. The van der Waals surface area contributed by atoms with E-state index in [9.17, 15) is 9.59 Å². The van der Waals surface area contributed by atoms with Gasteiger partial charge in [0.05, 0.1) is 6.42 Å². The standard InChI is InChI=1S/C15H26O4/c1-2-3-10-19-11-12-4-6-13(7-5-12)14(16)8-9-15(17)18/h12-13H,2-11H2,1H3,(H,17,18). The Balaban J connectivity index is 2.14. The lowest BCUT2D eigenvalue weighted by molar-refractivity contribution is -0.139. The molecule has 1 rings (SSSR count). The normalized spacial score (nSPS) is 23.2. The summed E-state index contributed by atoms with van der Waals surface area (Å²) in [6.45, 7) is 3.81. The van der Waals surface area contributed by atoms with Crippen LogP contribution in [0.3, 0.4) is 0 Å². The van der Waals surface area contributed by atoms with Crippen molar-refractivity contribution < 1.29 is 19.4 Å². The Morgan fingerprint density at radius 1 is 1.16 bits per heavy atom. The third kappa shape index (κ3) is 6.71. The van der Waals surface area contributed by atoms with Gasteiger partial charge in [-0.3, -0.25) is 9.59 Å². The van der Waals surface area contributed by atoms with Crippen molar-refractivity contribution in [3.63, 3.8) is 0 Å². The van der Waals surface area contributed by atoms with Crippen LogP contribution >= 0.6 is 0 Å². The van der Waals surface area contributed by atoms with Crippen LogP contribution in [0.5, 0.6) is 0 Å². The summed E-state index contributed by atoms with van der Waals surface area (Å²) in [6, 6.07) is 0. The molecule has 4 heteroatoms. The van der Waals surface area contributed by atoms with E-state index in [-0.39, 0.29) is 24.5 Å². The number of carbonyl (C=O) groups is 2. The highest BCUT2D eigenvalue weighted by atomic mass is 16.5. The minimum absolute atomic E-state index is 0.0289. The van der Waals surface area contributed by atoms with Crippen LogP contribution in [0.2, 0.25) is 0 Å². The van der Waals surface area contributed by atoms with Gasteiger partial charge in [0.25, 0.3) is 0 Å². The molecule has 0 radical (unpaired) electrons. The topological polar surface area (TPSA) is 63.6 Å². The number of ether oxygens (including phenoxy) is 1. The molecule has 0 atom stereocenters. The predicted octanol–water partition coefficient (Wildman–Crippen LogP) is 3.04. The zero-order valence-electron chi connectivity index (χ0n) is 11.9. The Kier molecular flexibility index (Phi) is 7.72. The van der Waals surface area contributed by atoms with Crippen molar-refractivity contribution in [1.82, 2.24) is 0 Å². The van der Waals surface area contributed by atoms with Gasteiger partial charge in [0.1, 0.15) is 5.78 Å². The van der Waals surface area contributed by atoms with Gasteiger partial charge >= 0.3 is 5.97 Å². The number of rotatable bonds is 9. The summed E-state index contributed by atoms with van der Waals surface area (Å²) in [4.78, 5) is 22.3. The third-order valence-electron chi connectivity index (χ3n) is 3.88. The van der Waals surface area contributed by atoms with E-state index in [1.54, 1.807) is 0 Å². The molecule has 0 aromatic heterocycles. The van der Waals surface area contributed by atoms with Gasteiger partial charge in [-0.2, -0.15) is 0 Å². The van der Waals surface area contributed by atoms with Crippen LogP contribution in [0.15, 0.2) is 0 Å². The van der Waals surface area contributed by atoms with Crippen molar-refractivity contribution in [2.45, 2.75) is 58.3 Å². The van der Waals surface area contributed by atoms with Crippen LogP contribution in [0.1, 0.15) is 58.3 Å². The Hall–Kier alpha value is -0.900. The van der Waals surface area contributed by atoms with Crippen molar-refractivity contribution in [3.8, 4) is 0 Å². The number of Topliss-reactive ketones (excluding diaryl/α,β-unsaturated/α-hetero) is 1. The fraction of sp³-hybridized carbons (Fsp3) is 0.867. The predicted molar refractivity (Wildman–Crippen MR) is 73.1 cm³/mol. The first-order valence-corrected chi connectivity index (χ1v) is 7.45. The fourth-order valence-electron chi connectivity index (χ4n) is 2.58. The molecule has 0 heterocycles.